The second kappa shape index (κ2) is 8.44. The van der Waals surface area contributed by atoms with Crippen molar-refractivity contribution in [2.24, 2.45) is 5.92 Å². The van der Waals surface area contributed by atoms with Gasteiger partial charge in [-0.05, 0) is 49.6 Å². The van der Waals surface area contributed by atoms with E-state index in [0.717, 1.165) is 16.8 Å². The zero-order valence-corrected chi connectivity index (χ0v) is 19.9. The number of carbonyl (C=O) groups is 1. The number of methoxy groups -OCH3 is 1. The Hall–Kier alpha value is -3.95. The van der Waals surface area contributed by atoms with Crippen LogP contribution in [0.5, 0.6) is 11.5 Å². The Morgan fingerprint density at radius 2 is 1.94 bits per heavy atom. The van der Waals surface area contributed by atoms with Gasteiger partial charge in [0.25, 0.3) is 0 Å². The molecule has 0 saturated carbocycles. The van der Waals surface area contributed by atoms with Crippen LogP contribution in [0.1, 0.15) is 48.8 Å². The van der Waals surface area contributed by atoms with Gasteiger partial charge in [0.2, 0.25) is 5.91 Å². The number of hydrogen-bond donors (Lipinski definition) is 1. The predicted octanol–water partition coefficient (Wildman–Crippen LogP) is 3.44. The molecule has 1 amide bonds. The van der Waals surface area contributed by atoms with Crippen LogP contribution in [0, 0.1) is 19.8 Å². The summed E-state index contributed by atoms with van der Waals surface area (Å²) in [6.45, 7) is 8.57. The topological polar surface area (TPSA) is 108 Å². The fourth-order valence-corrected chi connectivity index (χ4v) is 4.27. The molecular weight excluding hydrogens is 434 g/mol. The highest BCUT2D eigenvalue weighted by Crippen LogP contribution is 2.42. The third-order valence-corrected chi connectivity index (χ3v) is 5.89. The van der Waals surface area contributed by atoms with E-state index in [1.54, 1.807) is 16.3 Å². The molecule has 0 saturated heterocycles. The molecule has 0 radical (unpaired) electrons. The summed E-state index contributed by atoms with van der Waals surface area (Å²) >= 11 is 0. The number of aromatic nitrogens is 6. The first-order valence-electron chi connectivity index (χ1n) is 11.2. The summed E-state index contributed by atoms with van der Waals surface area (Å²) in [7, 11) is 1.62. The third-order valence-electron chi connectivity index (χ3n) is 5.89. The molecular formula is C24H27N7O3. The van der Waals surface area contributed by atoms with Gasteiger partial charge in [0.1, 0.15) is 5.82 Å². The number of fused-ring (bicyclic) bond motifs is 2. The highest BCUT2D eigenvalue weighted by Gasteiger charge is 2.33. The summed E-state index contributed by atoms with van der Waals surface area (Å²) in [6.07, 6.45) is 0.311. The molecule has 1 aromatic carbocycles. The molecule has 0 aliphatic carbocycles. The number of anilines is 1. The number of aryl methyl sites for hydroxylation is 2. The van der Waals surface area contributed by atoms with Crippen LogP contribution in [-0.4, -0.2) is 49.2 Å². The van der Waals surface area contributed by atoms with Crippen molar-refractivity contribution in [3.63, 3.8) is 0 Å². The Morgan fingerprint density at radius 3 is 2.71 bits per heavy atom. The lowest BCUT2D eigenvalue weighted by molar-refractivity contribution is -0.116. The summed E-state index contributed by atoms with van der Waals surface area (Å²) in [5.74, 6) is 3.33. The average molecular weight is 462 g/mol. The smallest absolute Gasteiger partial charge is 0.226 e. The highest BCUT2D eigenvalue weighted by molar-refractivity contribution is 5.95. The van der Waals surface area contributed by atoms with Crippen molar-refractivity contribution in [3.8, 4) is 17.3 Å². The Balaban J connectivity index is 1.57. The molecule has 4 heterocycles. The fraction of sp³-hybridized carbons (Fsp3) is 0.375. The van der Waals surface area contributed by atoms with Crippen molar-refractivity contribution in [3.05, 3.63) is 53.0 Å². The first-order valence-corrected chi connectivity index (χ1v) is 11.2. The minimum atomic E-state index is -0.175. The van der Waals surface area contributed by atoms with E-state index in [1.165, 1.54) is 0 Å². The van der Waals surface area contributed by atoms with Gasteiger partial charge in [-0.15, -0.1) is 15.3 Å². The molecule has 1 aliphatic heterocycles. The van der Waals surface area contributed by atoms with E-state index in [0.29, 0.717) is 53.6 Å². The number of amides is 1. The Morgan fingerprint density at radius 1 is 1.12 bits per heavy atom. The molecule has 1 aliphatic rings. The second-order valence-corrected chi connectivity index (χ2v) is 8.89. The van der Waals surface area contributed by atoms with E-state index in [4.69, 9.17) is 14.6 Å². The van der Waals surface area contributed by atoms with Crippen LogP contribution in [0.25, 0.3) is 11.5 Å². The third kappa shape index (κ3) is 3.74. The van der Waals surface area contributed by atoms with Crippen LogP contribution in [-0.2, 0) is 4.79 Å². The van der Waals surface area contributed by atoms with E-state index in [-0.39, 0.29) is 11.8 Å². The van der Waals surface area contributed by atoms with Crippen LogP contribution in [0.15, 0.2) is 30.3 Å². The zero-order chi connectivity index (χ0) is 24.0. The van der Waals surface area contributed by atoms with Gasteiger partial charge < -0.3 is 14.8 Å². The number of hydrogen-bond acceptors (Lipinski definition) is 7. The molecule has 5 rings (SSSR count). The van der Waals surface area contributed by atoms with Crippen molar-refractivity contribution in [2.45, 2.75) is 40.0 Å². The predicted molar refractivity (Wildman–Crippen MR) is 126 cm³/mol. The maximum Gasteiger partial charge on any atom is 0.226 e. The van der Waals surface area contributed by atoms with Crippen molar-refractivity contribution in [1.29, 1.82) is 0 Å². The summed E-state index contributed by atoms with van der Waals surface area (Å²) in [4.78, 5) is 12.8. The lowest BCUT2D eigenvalue weighted by Crippen LogP contribution is -2.25. The summed E-state index contributed by atoms with van der Waals surface area (Å²) in [5, 5.41) is 20.5. The summed E-state index contributed by atoms with van der Waals surface area (Å²) in [5.41, 5.74) is 3.39. The van der Waals surface area contributed by atoms with E-state index in [9.17, 15) is 4.79 Å². The van der Waals surface area contributed by atoms with Crippen LogP contribution in [0.3, 0.4) is 0 Å². The molecule has 0 spiro atoms. The molecule has 0 bridgehead atoms. The normalized spacial score (nSPS) is 15.5. The van der Waals surface area contributed by atoms with E-state index < -0.39 is 0 Å². The van der Waals surface area contributed by atoms with E-state index in [2.05, 4.69) is 34.5 Å². The Bertz CT molecular complexity index is 1390. The van der Waals surface area contributed by atoms with Crippen molar-refractivity contribution in [1.82, 2.24) is 29.6 Å². The summed E-state index contributed by atoms with van der Waals surface area (Å²) in [6, 6.07) is 9.49. The molecule has 1 unspecified atom stereocenters. The molecule has 176 valence electrons. The molecule has 1 atom stereocenters. The number of benzene rings is 1. The van der Waals surface area contributed by atoms with Crippen molar-refractivity contribution in [2.75, 3.05) is 19.0 Å². The molecule has 0 fully saturated rings. The maximum atomic E-state index is 12.8. The van der Waals surface area contributed by atoms with Gasteiger partial charge in [0.15, 0.2) is 28.8 Å². The van der Waals surface area contributed by atoms with Gasteiger partial charge in [-0.2, -0.15) is 14.3 Å². The van der Waals surface area contributed by atoms with Gasteiger partial charge >= 0.3 is 0 Å². The van der Waals surface area contributed by atoms with Gasteiger partial charge in [0.05, 0.1) is 19.4 Å². The first kappa shape index (κ1) is 21.9. The Labute approximate surface area is 196 Å². The van der Waals surface area contributed by atoms with Crippen LogP contribution >= 0.6 is 0 Å². The second-order valence-electron chi connectivity index (χ2n) is 8.89. The molecule has 10 heteroatoms. The minimum Gasteiger partial charge on any atom is -0.493 e. The molecule has 1 N–H and O–H groups in total. The summed E-state index contributed by atoms with van der Waals surface area (Å²) < 4.78 is 14.8. The van der Waals surface area contributed by atoms with Crippen molar-refractivity contribution < 1.29 is 14.3 Å². The van der Waals surface area contributed by atoms with Crippen LogP contribution in [0.2, 0.25) is 0 Å². The maximum absolute atomic E-state index is 12.8. The van der Waals surface area contributed by atoms with Crippen molar-refractivity contribution >= 4 is 17.4 Å². The number of carbonyl (C=O) groups excluding carboxylic acids is 1. The van der Waals surface area contributed by atoms with Gasteiger partial charge in [-0.3, -0.25) is 4.79 Å². The van der Waals surface area contributed by atoms with Gasteiger partial charge in [0, 0.05) is 17.9 Å². The highest BCUT2D eigenvalue weighted by atomic mass is 16.5. The first-order chi connectivity index (χ1) is 16.4. The van der Waals surface area contributed by atoms with Gasteiger partial charge in [-0.25, -0.2) is 0 Å². The van der Waals surface area contributed by atoms with E-state index >= 15 is 0 Å². The van der Waals surface area contributed by atoms with Crippen LogP contribution < -0.4 is 14.8 Å². The zero-order valence-electron chi connectivity index (χ0n) is 19.9. The minimum absolute atomic E-state index is 0.0840. The van der Waals surface area contributed by atoms with Gasteiger partial charge in [-0.1, -0.05) is 19.9 Å². The number of nitrogens with zero attached hydrogens (tertiary/aromatic N) is 6. The Kier molecular flexibility index (Phi) is 5.43. The lowest BCUT2D eigenvalue weighted by atomic mass is 9.85. The average Bonchev–Trinajstić information content (AvgIpc) is 3.36. The molecule has 10 nitrogen and oxygen atoms in total. The molecule has 4 aromatic rings. The number of ether oxygens (including phenoxy) is 2. The SMILES string of the molecule is COc1cc(C2CC(=O)Nc3c2c(C)nn3-c2ccc3nnc(C)n3n2)ccc1OCC(C)C. The van der Waals surface area contributed by atoms with E-state index in [1.807, 2.05) is 44.2 Å². The lowest BCUT2D eigenvalue weighted by Gasteiger charge is -2.25. The molecule has 34 heavy (non-hydrogen) atoms. The monoisotopic (exact) mass is 461 g/mol. The standard InChI is InChI=1S/C24H27N7O3/c1-13(2)12-34-18-7-6-16(10-19(18)33-5)17-11-22(32)25-24-23(17)14(3)28-31(24)21-9-8-20-27-26-15(4)30(20)29-21/h6-10,13,17H,11-12H2,1-5H3,(H,25,32). The fourth-order valence-electron chi connectivity index (χ4n) is 4.27. The quantitative estimate of drug-likeness (QED) is 0.468. The largest absolute Gasteiger partial charge is 0.493 e. The number of nitrogens with one attached hydrogen (secondary N) is 1. The molecule has 3 aromatic heterocycles. The van der Waals surface area contributed by atoms with Crippen LogP contribution in [0.4, 0.5) is 5.82 Å². The number of rotatable bonds is 6.